The van der Waals surface area contributed by atoms with Crippen LogP contribution in [0.3, 0.4) is 0 Å². The van der Waals surface area contributed by atoms with Crippen LogP contribution in [0.25, 0.3) is 0 Å². The predicted octanol–water partition coefficient (Wildman–Crippen LogP) is 4.14. The zero-order valence-corrected chi connectivity index (χ0v) is 23.1. The molecule has 0 aliphatic heterocycles. The van der Waals surface area contributed by atoms with Gasteiger partial charge >= 0.3 is 0 Å². The summed E-state index contributed by atoms with van der Waals surface area (Å²) < 4.78 is 34.1. The van der Waals surface area contributed by atoms with Crippen molar-refractivity contribution in [2.24, 2.45) is 0 Å². The van der Waals surface area contributed by atoms with Crippen LogP contribution in [0.5, 0.6) is 5.75 Å². The molecule has 38 heavy (non-hydrogen) atoms. The highest BCUT2D eigenvalue weighted by Crippen LogP contribution is 2.27. The van der Waals surface area contributed by atoms with Crippen molar-refractivity contribution in [1.29, 1.82) is 0 Å². The zero-order valence-electron chi connectivity index (χ0n) is 22.3. The third kappa shape index (κ3) is 6.92. The molecule has 8 nitrogen and oxygen atoms in total. The molecule has 0 bridgehead atoms. The molecule has 2 amide bonds. The van der Waals surface area contributed by atoms with Crippen molar-refractivity contribution in [3.8, 4) is 5.75 Å². The van der Waals surface area contributed by atoms with Crippen molar-refractivity contribution in [3.05, 3.63) is 90.0 Å². The van der Waals surface area contributed by atoms with Crippen LogP contribution in [0.15, 0.2) is 83.8 Å². The van der Waals surface area contributed by atoms with Gasteiger partial charge in [-0.05, 0) is 62.2 Å². The Labute approximate surface area is 225 Å². The summed E-state index contributed by atoms with van der Waals surface area (Å²) in [5.41, 5.74) is 2.22. The lowest BCUT2D eigenvalue weighted by molar-refractivity contribution is -0.140. The zero-order chi connectivity index (χ0) is 27.7. The first kappa shape index (κ1) is 28.7. The largest absolute Gasteiger partial charge is 0.494 e. The molecule has 3 aromatic carbocycles. The van der Waals surface area contributed by atoms with Gasteiger partial charge in [-0.1, -0.05) is 55.0 Å². The molecule has 0 radical (unpaired) electrons. The fourth-order valence-corrected chi connectivity index (χ4v) is 5.54. The second kappa shape index (κ2) is 13.1. The number of carbonyl (C=O) groups is 2. The van der Waals surface area contributed by atoms with Crippen LogP contribution in [0.1, 0.15) is 31.4 Å². The Morgan fingerprint density at radius 1 is 0.921 bits per heavy atom. The van der Waals surface area contributed by atoms with Crippen LogP contribution < -0.4 is 14.4 Å². The number of ether oxygens (including phenoxy) is 1. The molecular formula is C29H35N3O5S. The summed E-state index contributed by atoms with van der Waals surface area (Å²) in [5, 5.41) is 2.63. The van der Waals surface area contributed by atoms with Crippen molar-refractivity contribution >= 4 is 27.5 Å². The van der Waals surface area contributed by atoms with E-state index in [4.69, 9.17) is 4.74 Å². The minimum Gasteiger partial charge on any atom is -0.494 e. The molecule has 0 unspecified atom stereocenters. The van der Waals surface area contributed by atoms with Crippen LogP contribution >= 0.6 is 0 Å². The van der Waals surface area contributed by atoms with Crippen molar-refractivity contribution in [2.75, 3.05) is 24.5 Å². The average Bonchev–Trinajstić information content (AvgIpc) is 2.93. The summed E-state index contributed by atoms with van der Waals surface area (Å²) >= 11 is 0. The van der Waals surface area contributed by atoms with E-state index in [0.29, 0.717) is 24.5 Å². The number of sulfonamides is 1. The van der Waals surface area contributed by atoms with Gasteiger partial charge in [0.1, 0.15) is 18.3 Å². The van der Waals surface area contributed by atoms with Crippen LogP contribution in [0.2, 0.25) is 0 Å². The van der Waals surface area contributed by atoms with Crippen LogP contribution in [-0.4, -0.2) is 51.4 Å². The van der Waals surface area contributed by atoms with Gasteiger partial charge in [0.05, 0.1) is 17.2 Å². The summed E-state index contributed by atoms with van der Waals surface area (Å²) in [7, 11) is -2.58. The van der Waals surface area contributed by atoms with E-state index < -0.39 is 28.5 Å². The standard InChI is InChI=1S/C29H35N3O5S/c1-5-27(29(34)30-4)31(20-23-14-12-22(3)13-15-23)28(33)21-32(24-16-18-25(19-17-24)37-6-2)38(35,36)26-10-8-7-9-11-26/h7-19,27H,5-6,20-21H2,1-4H3,(H,30,34)/t27-/m1/s1. The molecule has 3 aromatic rings. The molecule has 0 heterocycles. The molecule has 0 aromatic heterocycles. The van der Waals surface area contributed by atoms with Gasteiger partial charge in [-0.25, -0.2) is 8.42 Å². The Bertz CT molecular complexity index is 1310. The number of anilines is 1. The monoisotopic (exact) mass is 537 g/mol. The van der Waals surface area contributed by atoms with Crippen LogP contribution in [0, 0.1) is 6.92 Å². The molecule has 0 saturated carbocycles. The van der Waals surface area contributed by atoms with Gasteiger partial charge in [0, 0.05) is 13.6 Å². The SMILES string of the molecule is CCOc1ccc(N(CC(=O)N(Cc2ccc(C)cc2)[C@H](CC)C(=O)NC)S(=O)(=O)c2ccccc2)cc1. The number of nitrogens with zero attached hydrogens (tertiary/aromatic N) is 2. The number of amides is 2. The first-order valence-electron chi connectivity index (χ1n) is 12.6. The van der Waals surface area contributed by atoms with Crippen LogP contribution in [-0.2, 0) is 26.2 Å². The Morgan fingerprint density at radius 3 is 2.11 bits per heavy atom. The van der Waals surface area contributed by atoms with E-state index in [-0.39, 0.29) is 17.3 Å². The van der Waals surface area contributed by atoms with Gasteiger partial charge in [-0.3, -0.25) is 13.9 Å². The number of nitrogens with one attached hydrogen (secondary N) is 1. The smallest absolute Gasteiger partial charge is 0.264 e. The fraction of sp³-hybridized carbons (Fsp3) is 0.310. The number of rotatable bonds is 12. The molecule has 3 rings (SSSR count). The van der Waals surface area contributed by atoms with Gasteiger partial charge in [-0.2, -0.15) is 0 Å². The van der Waals surface area contributed by atoms with E-state index in [1.54, 1.807) is 42.5 Å². The van der Waals surface area contributed by atoms with E-state index in [0.717, 1.165) is 15.4 Å². The van der Waals surface area contributed by atoms with E-state index in [1.165, 1.54) is 24.1 Å². The third-order valence-electron chi connectivity index (χ3n) is 6.15. The van der Waals surface area contributed by atoms with Crippen molar-refractivity contribution in [2.45, 2.75) is 44.7 Å². The third-order valence-corrected chi connectivity index (χ3v) is 7.94. The second-order valence-electron chi connectivity index (χ2n) is 8.80. The van der Waals surface area contributed by atoms with E-state index in [2.05, 4.69) is 5.32 Å². The highest BCUT2D eigenvalue weighted by atomic mass is 32.2. The number of hydrogen-bond donors (Lipinski definition) is 1. The summed E-state index contributed by atoms with van der Waals surface area (Å²) in [6.07, 6.45) is 0.367. The lowest BCUT2D eigenvalue weighted by Crippen LogP contribution is -2.51. The molecule has 9 heteroatoms. The molecule has 1 N–H and O–H groups in total. The Kier molecular flexibility index (Phi) is 9.90. The predicted molar refractivity (Wildman–Crippen MR) is 148 cm³/mol. The number of hydrogen-bond acceptors (Lipinski definition) is 5. The van der Waals surface area contributed by atoms with Crippen molar-refractivity contribution < 1.29 is 22.7 Å². The van der Waals surface area contributed by atoms with Gasteiger partial charge in [-0.15, -0.1) is 0 Å². The number of likely N-dealkylation sites (N-methyl/N-ethyl adjacent to an activating group) is 1. The summed E-state index contributed by atoms with van der Waals surface area (Å²) in [4.78, 5) is 28.1. The first-order valence-corrected chi connectivity index (χ1v) is 14.0. The average molecular weight is 538 g/mol. The van der Waals surface area contributed by atoms with Gasteiger partial charge < -0.3 is 15.0 Å². The maximum atomic E-state index is 13.9. The molecule has 1 atom stereocenters. The first-order chi connectivity index (χ1) is 18.2. The highest BCUT2D eigenvalue weighted by Gasteiger charge is 2.33. The summed E-state index contributed by atoms with van der Waals surface area (Å²) in [6.45, 7) is 5.79. The maximum Gasteiger partial charge on any atom is 0.264 e. The van der Waals surface area contributed by atoms with Crippen molar-refractivity contribution in [1.82, 2.24) is 10.2 Å². The van der Waals surface area contributed by atoms with Crippen molar-refractivity contribution in [3.63, 3.8) is 0 Å². The Balaban J connectivity index is 2.03. The Morgan fingerprint density at radius 2 is 1.55 bits per heavy atom. The van der Waals surface area contributed by atoms with Crippen LogP contribution in [0.4, 0.5) is 5.69 Å². The van der Waals surface area contributed by atoms with Gasteiger partial charge in [0.15, 0.2) is 0 Å². The molecule has 202 valence electrons. The van der Waals surface area contributed by atoms with Gasteiger partial charge in [0.25, 0.3) is 10.0 Å². The highest BCUT2D eigenvalue weighted by molar-refractivity contribution is 7.92. The summed E-state index contributed by atoms with van der Waals surface area (Å²) in [5.74, 6) is -0.216. The molecule has 0 saturated heterocycles. The number of aryl methyl sites for hydroxylation is 1. The number of benzene rings is 3. The molecule has 0 aliphatic carbocycles. The Hall–Kier alpha value is -3.85. The minimum atomic E-state index is -4.10. The van der Waals surface area contributed by atoms with E-state index >= 15 is 0 Å². The molecule has 0 spiro atoms. The number of carbonyl (C=O) groups excluding carboxylic acids is 2. The van der Waals surface area contributed by atoms with E-state index in [9.17, 15) is 18.0 Å². The lowest BCUT2D eigenvalue weighted by atomic mass is 10.1. The molecule has 0 fully saturated rings. The topological polar surface area (TPSA) is 96.0 Å². The fourth-order valence-electron chi connectivity index (χ4n) is 4.10. The van der Waals surface area contributed by atoms with E-state index in [1.807, 2.05) is 45.0 Å². The van der Waals surface area contributed by atoms with Gasteiger partial charge in [0.2, 0.25) is 11.8 Å². The maximum absolute atomic E-state index is 13.9. The summed E-state index contributed by atoms with van der Waals surface area (Å²) in [6, 6.07) is 21.4. The molecule has 0 aliphatic rings. The molecular weight excluding hydrogens is 502 g/mol. The second-order valence-corrected chi connectivity index (χ2v) is 10.7. The lowest BCUT2D eigenvalue weighted by Gasteiger charge is -2.33. The minimum absolute atomic E-state index is 0.0603. The normalized spacial score (nSPS) is 11.9. The quantitative estimate of drug-likeness (QED) is 0.375.